The van der Waals surface area contributed by atoms with Crippen LogP contribution in [0.2, 0.25) is 5.02 Å². The van der Waals surface area contributed by atoms with Crippen molar-refractivity contribution in [2.45, 2.75) is 6.17 Å². The first kappa shape index (κ1) is 13.5. The van der Waals surface area contributed by atoms with Crippen LogP contribution < -0.4 is 10.2 Å². The van der Waals surface area contributed by atoms with E-state index < -0.39 is 0 Å². The van der Waals surface area contributed by atoms with Crippen LogP contribution in [0.25, 0.3) is 0 Å². The van der Waals surface area contributed by atoms with Gasteiger partial charge in [0.15, 0.2) is 0 Å². The highest BCUT2D eigenvalue weighted by Crippen LogP contribution is 2.33. The zero-order chi connectivity index (χ0) is 15.0. The standard InChI is InChI=1S/C16H12ClN3O/c1-20-14-7-6-12(17)8-13(14)16(21)19-15(20)11-4-2-10(9-18)3-5-11/h2-8,15H,1H3,(H,19,21)/t15-/m1/s1. The summed E-state index contributed by atoms with van der Waals surface area (Å²) in [6.45, 7) is 0. The van der Waals surface area contributed by atoms with Crippen LogP contribution >= 0.6 is 11.6 Å². The maximum atomic E-state index is 12.2. The molecule has 3 rings (SSSR count). The van der Waals surface area contributed by atoms with Crippen molar-refractivity contribution in [1.82, 2.24) is 5.32 Å². The van der Waals surface area contributed by atoms with Crippen LogP contribution in [0.4, 0.5) is 5.69 Å². The predicted octanol–water partition coefficient (Wildman–Crippen LogP) is 3.09. The monoisotopic (exact) mass is 297 g/mol. The number of nitrogens with zero attached hydrogens (tertiary/aromatic N) is 2. The Morgan fingerprint density at radius 1 is 1.24 bits per heavy atom. The van der Waals surface area contributed by atoms with Gasteiger partial charge in [0, 0.05) is 12.1 Å². The number of anilines is 1. The lowest BCUT2D eigenvalue weighted by molar-refractivity contribution is 0.0928. The summed E-state index contributed by atoms with van der Waals surface area (Å²) in [6.07, 6.45) is -0.265. The molecular formula is C16H12ClN3O. The van der Waals surface area contributed by atoms with Crippen molar-refractivity contribution in [3.8, 4) is 6.07 Å². The topological polar surface area (TPSA) is 56.1 Å². The van der Waals surface area contributed by atoms with Gasteiger partial charge in [0.2, 0.25) is 0 Å². The van der Waals surface area contributed by atoms with E-state index in [9.17, 15) is 4.79 Å². The fourth-order valence-corrected chi connectivity index (χ4v) is 2.65. The summed E-state index contributed by atoms with van der Waals surface area (Å²) >= 11 is 5.95. The highest BCUT2D eigenvalue weighted by Gasteiger charge is 2.29. The van der Waals surface area contributed by atoms with Gasteiger partial charge in [-0.15, -0.1) is 0 Å². The van der Waals surface area contributed by atoms with E-state index in [1.165, 1.54) is 0 Å². The van der Waals surface area contributed by atoms with Crippen molar-refractivity contribution < 1.29 is 4.79 Å². The number of carbonyl (C=O) groups is 1. The molecule has 1 N–H and O–H groups in total. The minimum absolute atomic E-state index is 0.153. The zero-order valence-corrected chi connectivity index (χ0v) is 12.1. The third-order valence-electron chi connectivity index (χ3n) is 3.59. The first-order chi connectivity index (χ1) is 10.1. The van der Waals surface area contributed by atoms with Gasteiger partial charge in [-0.2, -0.15) is 5.26 Å². The SMILES string of the molecule is CN1c2ccc(Cl)cc2C(=O)N[C@H]1c1ccc(C#N)cc1. The lowest BCUT2D eigenvalue weighted by atomic mass is 10.0. The Morgan fingerprint density at radius 3 is 2.62 bits per heavy atom. The van der Waals surface area contributed by atoms with Crippen molar-refractivity contribution in [3.05, 3.63) is 64.2 Å². The van der Waals surface area contributed by atoms with E-state index in [0.717, 1.165) is 11.3 Å². The quantitative estimate of drug-likeness (QED) is 0.880. The van der Waals surface area contributed by atoms with Crippen molar-refractivity contribution >= 4 is 23.2 Å². The molecule has 5 heteroatoms. The van der Waals surface area contributed by atoms with Crippen LogP contribution in [-0.4, -0.2) is 13.0 Å². The van der Waals surface area contributed by atoms with Crippen LogP contribution in [0.5, 0.6) is 0 Å². The molecule has 0 aliphatic carbocycles. The van der Waals surface area contributed by atoms with Gasteiger partial charge in [0.25, 0.3) is 5.91 Å². The first-order valence-corrected chi connectivity index (χ1v) is 6.81. The molecule has 0 unspecified atom stereocenters. The van der Waals surface area contributed by atoms with Gasteiger partial charge in [-0.25, -0.2) is 0 Å². The van der Waals surface area contributed by atoms with E-state index in [0.29, 0.717) is 16.1 Å². The molecule has 2 aromatic carbocycles. The van der Waals surface area contributed by atoms with Gasteiger partial charge in [-0.05, 0) is 35.9 Å². The molecule has 0 spiro atoms. The van der Waals surface area contributed by atoms with E-state index in [2.05, 4.69) is 11.4 Å². The average Bonchev–Trinajstić information content (AvgIpc) is 2.51. The molecule has 1 amide bonds. The second kappa shape index (κ2) is 5.12. The molecule has 1 atom stereocenters. The van der Waals surface area contributed by atoms with Gasteiger partial charge in [0.1, 0.15) is 6.17 Å². The van der Waals surface area contributed by atoms with Crippen LogP contribution in [0.3, 0.4) is 0 Å². The summed E-state index contributed by atoms with van der Waals surface area (Å²) in [5, 5.41) is 12.3. The van der Waals surface area contributed by atoms with E-state index in [-0.39, 0.29) is 12.1 Å². The highest BCUT2D eigenvalue weighted by molar-refractivity contribution is 6.31. The van der Waals surface area contributed by atoms with E-state index >= 15 is 0 Å². The lowest BCUT2D eigenvalue weighted by Crippen LogP contribution is -2.44. The Bertz CT molecular complexity index is 749. The van der Waals surface area contributed by atoms with Crippen molar-refractivity contribution in [3.63, 3.8) is 0 Å². The van der Waals surface area contributed by atoms with Crippen LogP contribution in [-0.2, 0) is 0 Å². The molecule has 4 nitrogen and oxygen atoms in total. The number of nitrogens with one attached hydrogen (secondary N) is 1. The summed E-state index contributed by atoms with van der Waals surface area (Å²) in [5.41, 5.74) is 2.91. The number of carbonyl (C=O) groups excluding carboxylic acids is 1. The number of amides is 1. The van der Waals surface area contributed by atoms with Crippen LogP contribution in [0.15, 0.2) is 42.5 Å². The second-order valence-corrected chi connectivity index (χ2v) is 5.32. The Kier molecular flexibility index (Phi) is 3.28. The second-order valence-electron chi connectivity index (χ2n) is 4.88. The molecule has 0 saturated heterocycles. The van der Waals surface area contributed by atoms with Crippen LogP contribution in [0.1, 0.15) is 27.7 Å². The Labute approximate surface area is 127 Å². The molecule has 0 saturated carbocycles. The molecule has 0 bridgehead atoms. The molecular weight excluding hydrogens is 286 g/mol. The maximum Gasteiger partial charge on any atom is 0.255 e. The molecule has 104 valence electrons. The number of hydrogen-bond acceptors (Lipinski definition) is 3. The number of halogens is 1. The minimum Gasteiger partial charge on any atom is -0.350 e. The van der Waals surface area contributed by atoms with Gasteiger partial charge in [-0.1, -0.05) is 23.7 Å². The van der Waals surface area contributed by atoms with Gasteiger partial charge in [0.05, 0.1) is 22.9 Å². The fourth-order valence-electron chi connectivity index (χ4n) is 2.48. The Hall–Kier alpha value is -2.51. The van der Waals surface area contributed by atoms with Crippen molar-refractivity contribution in [2.75, 3.05) is 11.9 Å². The fraction of sp³-hybridized carbons (Fsp3) is 0.125. The number of nitriles is 1. The lowest BCUT2D eigenvalue weighted by Gasteiger charge is -2.36. The van der Waals surface area contributed by atoms with Crippen LogP contribution in [0, 0.1) is 11.3 Å². The predicted molar refractivity (Wildman–Crippen MR) is 81.2 cm³/mol. The molecule has 1 aliphatic rings. The first-order valence-electron chi connectivity index (χ1n) is 6.43. The number of fused-ring (bicyclic) bond motifs is 1. The molecule has 0 fully saturated rings. The maximum absolute atomic E-state index is 12.2. The molecule has 0 aromatic heterocycles. The summed E-state index contributed by atoms with van der Waals surface area (Å²) in [6, 6.07) is 14.5. The van der Waals surface area contributed by atoms with Crippen molar-refractivity contribution in [2.24, 2.45) is 0 Å². The third kappa shape index (κ3) is 2.32. The highest BCUT2D eigenvalue weighted by atomic mass is 35.5. The van der Waals surface area contributed by atoms with E-state index in [1.54, 1.807) is 24.3 Å². The summed E-state index contributed by atoms with van der Waals surface area (Å²) in [7, 11) is 1.91. The largest absolute Gasteiger partial charge is 0.350 e. The third-order valence-corrected chi connectivity index (χ3v) is 3.83. The van der Waals surface area contributed by atoms with Crippen molar-refractivity contribution in [1.29, 1.82) is 5.26 Å². The minimum atomic E-state index is -0.265. The molecule has 21 heavy (non-hydrogen) atoms. The average molecular weight is 298 g/mol. The number of hydrogen-bond donors (Lipinski definition) is 1. The van der Waals surface area contributed by atoms with Gasteiger partial charge >= 0.3 is 0 Å². The van der Waals surface area contributed by atoms with E-state index in [1.807, 2.05) is 30.1 Å². The normalized spacial score (nSPS) is 16.9. The Balaban J connectivity index is 2.01. The number of benzene rings is 2. The molecule has 2 aromatic rings. The number of rotatable bonds is 1. The van der Waals surface area contributed by atoms with Gasteiger partial charge < -0.3 is 10.2 Å². The molecule has 0 radical (unpaired) electrons. The Morgan fingerprint density at radius 2 is 1.95 bits per heavy atom. The summed E-state index contributed by atoms with van der Waals surface area (Å²) in [5.74, 6) is -0.153. The summed E-state index contributed by atoms with van der Waals surface area (Å²) in [4.78, 5) is 14.2. The van der Waals surface area contributed by atoms with E-state index in [4.69, 9.17) is 16.9 Å². The molecule has 1 heterocycles. The smallest absolute Gasteiger partial charge is 0.255 e. The molecule has 1 aliphatic heterocycles. The zero-order valence-electron chi connectivity index (χ0n) is 11.3. The van der Waals surface area contributed by atoms with Gasteiger partial charge in [-0.3, -0.25) is 4.79 Å². The summed E-state index contributed by atoms with van der Waals surface area (Å²) < 4.78 is 0.